The van der Waals surface area contributed by atoms with Gasteiger partial charge in [-0.3, -0.25) is 19.2 Å². The summed E-state index contributed by atoms with van der Waals surface area (Å²) < 4.78 is 1.85. The van der Waals surface area contributed by atoms with Crippen LogP contribution in [0, 0.1) is 0 Å². The van der Waals surface area contributed by atoms with E-state index in [-0.39, 0.29) is 5.54 Å². The van der Waals surface area contributed by atoms with Crippen molar-refractivity contribution in [3.05, 3.63) is 59.8 Å². The zero-order chi connectivity index (χ0) is 22.0. The molecule has 162 valence electrons. The Labute approximate surface area is 182 Å². The van der Waals surface area contributed by atoms with E-state index in [9.17, 15) is 9.59 Å². The average molecular weight is 420 g/mol. The number of anilines is 1. The smallest absolute Gasteiger partial charge is 0.313 e. The van der Waals surface area contributed by atoms with Crippen LogP contribution in [0.5, 0.6) is 0 Å². The van der Waals surface area contributed by atoms with Crippen molar-refractivity contribution in [1.82, 2.24) is 20.0 Å². The molecule has 1 aliphatic heterocycles. The van der Waals surface area contributed by atoms with Crippen LogP contribution < -0.4 is 10.6 Å². The van der Waals surface area contributed by atoms with Gasteiger partial charge in [0.05, 0.1) is 11.7 Å². The van der Waals surface area contributed by atoms with Gasteiger partial charge in [-0.05, 0) is 56.5 Å². The highest BCUT2D eigenvalue weighted by atomic mass is 16.2. The maximum Gasteiger partial charge on any atom is 0.313 e. The number of hydrogen-bond acceptors (Lipinski definition) is 4. The van der Waals surface area contributed by atoms with Gasteiger partial charge in [0, 0.05) is 42.8 Å². The summed E-state index contributed by atoms with van der Waals surface area (Å²) in [5.74, 6) is -1.30. The zero-order valence-corrected chi connectivity index (χ0v) is 18.3. The molecular formula is C24H29N5O2. The van der Waals surface area contributed by atoms with E-state index < -0.39 is 11.8 Å². The van der Waals surface area contributed by atoms with E-state index in [2.05, 4.69) is 58.7 Å². The molecule has 0 unspecified atom stereocenters. The minimum atomic E-state index is -0.665. The first-order valence-corrected chi connectivity index (χ1v) is 10.7. The van der Waals surface area contributed by atoms with Crippen molar-refractivity contribution >= 4 is 28.4 Å². The minimum Gasteiger partial charge on any atom is -0.346 e. The molecule has 2 N–H and O–H groups in total. The van der Waals surface area contributed by atoms with Crippen molar-refractivity contribution in [3.8, 4) is 0 Å². The normalized spacial score (nSPS) is 14.3. The minimum absolute atomic E-state index is 0.268. The molecule has 0 atom stereocenters. The van der Waals surface area contributed by atoms with Gasteiger partial charge in [0.25, 0.3) is 0 Å². The van der Waals surface area contributed by atoms with E-state index in [0.717, 1.165) is 37.0 Å². The summed E-state index contributed by atoms with van der Waals surface area (Å²) >= 11 is 0. The number of carbonyl (C=O) groups excluding carboxylic acids is 2. The Morgan fingerprint density at radius 3 is 2.65 bits per heavy atom. The fourth-order valence-electron chi connectivity index (χ4n) is 4.09. The molecule has 2 heterocycles. The molecule has 1 aromatic heterocycles. The summed E-state index contributed by atoms with van der Waals surface area (Å²) in [7, 11) is 0. The lowest BCUT2D eigenvalue weighted by molar-refractivity contribution is -0.136. The second-order valence-electron chi connectivity index (χ2n) is 8.62. The predicted molar refractivity (Wildman–Crippen MR) is 122 cm³/mol. The molecule has 1 aliphatic rings. The van der Waals surface area contributed by atoms with Gasteiger partial charge in [-0.25, -0.2) is 0 Å². The molecule has 3 aromatic rings. The third kappa shape index (κ3) is 4.46. The Balaban J connectivity index is 1.35. The van der Waals surface area contributed by atoms with Crippen molar-refractivity contribution in [2.75, 3.05) is 18.4 Å². The molecule has 0 saturated heterocycles. The molecule has 0 saturated carbocycles. The Hall–Kier alpha value is -3.19. The third-order valence-corrected chi connectivity index (χ3v) is 6.08. The average Bonchev–Trinajstić information content (AvgIpc) is 3.19. The van der Waals surface area contributed by atoms with Crippen LogP contribution in [-0.2, 0) is 29.1 Å². The molecule has 0 aliphatic carbocycles. The fraction of sp³-hybridized carbons (Fsp3) is 0.375. The second kappa shape index (κ2) is 8.51. The molecular weight excluding hydrogens is 390 g/mol. The van der Waals surface area contributed by atoms with Gasteiger partial charge in [0.15, 0.2) is 0 Å². The number of amides is 2. The van der Waals surface area contributed by atoms with E-state index in [1.54, 1.807) is 12.3 Å². The molecule has 0 fully saturated rings. The molecule has 4 rings (SSSR count). The van der Waals surface area contributed by atoms with Crippen LogP contribution >= 0.6 is 0 Å². The fourth-order valence-corrected chi connectivity index (χ4v) is 4.09. The molecule has 0 bridgehead atoms. The number of nitrogens with one attached hydrogen (secondary N) is 2. The lowest BCUT2D eigenvalue weighted by Gasteiger charge is -2.41. The Morgan fingerprint density at radius 1 is 1.10 bits per heavy atom. The van der Waals surface area contributed by atoms with Gasteiger partial charge in [0.2, 0.25) is 0 Å². The topological polar surface area (TPSA) is 79.3 Å². The number of aromatic nitrogens is 2. The largest absolute Gasteiger partial charge is 0.346 e. The molecule has 2 amide bonds. The summed E-state index contributed by atoms with van der Waals surface area (Å²) in [5, 5.41) is 10.8. The van der Waals surface area contributed by atoms with Gasteiger partial charge in [-0.1, -0.05) is 24.3 Å². The highest BCUT2D eigenvalue weighted by molar-refractivity contribution is 6.39. The number of benzene rings is 2. The maximum absolute atomic E-state index is 12.5. The number of aryl methyl sites for hydroxylation is 1. The van der Waals surface area contributed by atoms with Crippen molar-refractivity contribution in [2.45, 2.75) is 45.8 Å². The monoisotopic (exact) mass is 419 g/mol. The van der Waals surface area contributed by atoms with Crippen LogP contribution in [-0.4, -0.2) is 45.1 Å². The Bertz CT molecular complexity index is 1120. The van der Waals surface area contributed by atoms with Gasteiger partial charge < -0.3 is 10.6 Å². The quantitative estimate of drug-likeness (QED) is 0.623. The van der Waals surface area contributed by atoms with Crippen LogP contribution in [0.25, 0.3) is 10.9 Å². The van der Waals surface area contributed by atoms with Crippen LogP contribution in [0.1, 0.15) is 31.9 Å². The first-order chi connectivity index (χ1) is 14.9. The zero-order valence-electron chi connectivity index (χ0n) is 18.3. The van der Waals surface area contributed by atoms with E-state index in [1.165, 1.54) is 11.1 Å². The van der Waals surface area contributed by atoms with Crippen molar-refractivity contribution in [3.63, 3.8) is 0 Å². The summed E-state index contributed by atoms with van der Waals surface area (Å²) in [5.41, 5.74) is 3.95. The molecule has 7 nitrogen and oxygen atoms in total. The van der Waals surface area contributed by atoms with Crippen LogP contribution in [0.4, 0.5) is 5.69 Å². The second-order valence-corrected chi connectivity index (χ2v) is 8.62. The van der Waals surface area contributed by atoms with Crippen molar-refractivity contribution in [2.24, 2.45) is 0 Å². The van der Waals surface area contributed by atoms with Crippen molar-refractivity contribution in [1.29, 1.82) is 0 Å². The van der Waals surface area contributed by atoms with Crippen LogP contribution in [0.3, 0.4) is 0 Å². The third-order valence-electron chi connectivity index (χ3n) is 6.08. The molecule has 0 spiro atoms. The van der Waals surface area contributed by atoms with E-state index in [4.69, 9.17) is 0 Å². The molecule has 0 radical (unpaired) electrons. The lowest BCUT2D eigenvalue weighted by atomic mass is 9.94. The van der Waals surface area contributed by atoms with E-state index in [1.807, 2.05) is 23.7 Å². The number of rotatable bonds is 5. The number of fused-ring (bicyclic) bond motifs is 2. The first kappa shape index (κ1) is 21.1. The van der Waals surface area contributed by atoms with Gasteiger partial charge in [0.1, 0.15) is 0 Å². The molecule has 31 heavy (non-hydrogen) atoms. The van der Waals surface area contributed by atoms with Crippen LogP contribution in [0.15, 0.2) is 48.7 Å². The molecule has 7 heteroatoms. The lowest BCUT2D eigenvalue weighted by Crippen LogP contribution is -2.54. The standard InChI is InChI=1S/C24H29N5O2/c1-4-29-21-13-20(10-9-18(21)14-26-29)27-23(31)22(30)25-16-24(2,3)28-12-11-17-7-5-6-8-19(17)15-28/h5-10,13-14H,4,11-12,15-16H2,1-3H3,(H,25,30)(H,27,31). The Morgan fingerprint density at radius 2 is 1.87 bits per heavy atom. The van der Waals surface area contributed by atoms with E-state index in [0.29, 0.717) is 12.2 Å². The maximum atomic E-state index is 12.5. The summed E-state index contributed by atoms with van der Waals surface area (Å²) in [6, 6.07) is 14.0. The number of hydrogen-bond donors (Lipinski definition) is 2. The Kier molecular flexibility index (Phi) is 5.78. The van der Waals surface area contributed by atoms with Crippen molar-refractivity contribution < 1.29 is 9.59 Å². The number of nitrogens with zero attached hydrogens (tertiary/aromatic N) is 3. The summed E-state index contributed by atoms with van der Waals surface area (Å²) in [6.45, 7) is 9.10. The van der Waals surface area contributed by atoms with Gasteiger partial charge in [-0.2, -0.15) is 5.10 Å². The predicted octanol–water partition coefficient (Wildman–Crippen LogP) is 2.95. The molecule has 2 aromatic carbocycles. The SMILES string of the molecule is CCn1ncc2ccc(NC(=O)C(=O)NCC(C)(C)N3CCc4ccccc4C3)cc21. The van der Waals surface area contributed by atoms with Gasteiger partial charge in [-0.15, -0.1) is 0 Å². The van der Waals surface area contributed by atoms with Crippen LogP contribution in [0.2, 0.25) is 0 Å². The van der Waals surface area contributed by atoms with Gasteiger partial charge >= 0.3 is 11.8 Å². The highest BCUT2D eigenvalue weighted by Crippen LogP contribution is 2.25. The summed E-state index contributed by atoms with van der Waals surface area (Å²) in [6.07, 6.45) is 2.78. The number of carbonyl (C=O) groups is 2. The van der Waals surface area contributed by atoms with E-state index >= 15 is 0 Å². The summed E-state index contributed by atoms with van der Waals surface area (Å²) in [4.78, 5) is 27.2. The first-order valence-electron chi connectivity index (χ1n) is 10.7. The highest BCUT2D eigenvalue weighted by Gasteiger charge is 2.30.